The van der Waals surface area contributed by atoms with Crippen LogP contribution in [-0.2, 0) is 9.84 Å². The van der Waals surface area contributed by atoms with E-state index < -0.39 is 9.84 Å². The third kappa shape index (κ3) is 3.33. The van der Waals surface area contributed by atoms with Crippen LogP contribution in [0.1, 0.15) is 22.3 Å². The molecule has 0 aliphatic heterocycles. The highest BCUT2D eigenvalue weighted by Gasteiger charge is 2.15. The highest BCUT2D eigenvalue weighted by Crippen LogP contribution is 2.35. The van der Waals surface area contributed by atoms with E-state index in [2.05, 4.69) is 15.3 Å². The Balaban J connectivity index is 1.62. The van der Waals surface area contributed by atoms with Gasteiger partial charge in [-0.3, -0.25) is 10.1 Å². The summed E-state index contributed by atoms with van der Waals surface area (Å²) in [6.45, 7) is 3.55. The van der Waals surface area contributed by atoms with E-state index in [1.165, 1.54) is 35.6 Å². The molecule has 9 heteroatoms. The lowest BCUT2D eigenvalue weighted by atomic mass is 10.2. The molecule has 0 aliphatic carbocycles. The van der Waals surface area contributed by atoms with Crippen LogP contribution in [0.15, 0.2) is 41.3 Å². The smallest absolute Gasteiger partial charge is 0.257 e. The molecular formula is C18H15N3O3S3. The van der Waals surface area contributed by atoms with Gasteiger partial charge in [0, 0.05) is 5.56 Å². The minimum atomic E-state index is -3.28. The summed E-state index contributed by atoms with van der Waals surface area (Å²) in [6, 6.07) is 9.75. The van der Waals surface area contributed by atoms with E-state index in [9.17, 15) is 13.2 Å². The van der Waals surface area contributed by atoms with Gasteiger partial charge in [0.2, 0.25) is 0 Å². The van der Waals surface area contributed by atoms with Crippen LogP contribution in [0.2, 0.25) is 0 Å². The number of benzene rings is 2. The first-order valence-electron chi connectivity index (χ1n) is 8.18. The van der Waals surface area contributed by atoms with Crippen LogP contribution in [0.5, 0.6) is 0 Å². The number of hydrogen-bond acceptors (Lipinski definition) is 7. The molecule has 0 saturated heterocycles. The molecule has 4 aromatic rings. The summed E-state index contributed by atoms with van der Waals surface area (Å²) in [5, 5.41) is 4.28. The van der Waals surface area contributed by atoms with Crippen molar-refractivity contribution in [2.75, 3.05) is 11.1 Å². The zero-order chi connectivity index (χ0) is 19.2. The van der Waals surface area contributed by atoms with Crippen LogP contribution in [0, 0.1) is 6.92 Å². The van der Waals surface area contributed by atoms with Gasteiger partial charge in [0.15, 0.2) is 15.0 Å². The Hall–Kier alpha value is -2.36. The van der Waals surface area contributed by atoms with Gasteiger partial charge in [0.05, 0.1) is 36.1 Å². The van der Waals surface area contributed by atoms with Gasteiger partial charge in [-0.2, -0.15) is 0 Å². The molecule has 1 amide bonds. The van der Waals surface area contributed by atoms with Crippen molar-refractivity contribution in [3.8, 4) is 0 Å². The summed E-state index contributed by atoms with van der Waals surface area (Å²) >= 11 is 3.01. The highest BCUT2D eigenvalue weighted by molar-refractivity contribution is 7.91. The van der Waals surface area contributed by atoms with E-state index in [-0.39, 0.29) is 16.6 Å². The largest absolute Gasteiger partial charge is 0.298 e. The number of rotatable bonds is 4. The standard InChI is InChI=1S/C18H15N3O3S3/c1-3-27(23,24)12-6-4-11(5-7-12)17(22)21-18-20-14-9-8-13-15(16(14)26-18)25-10(2)19-13/h4-9H,3H2,1-2H3,(H,20,21,22). The molecule has 138 valence electrons. The van der Waals surface area contributed by atoms with Crippen LogP contribution >= 0.6 is 22.7 Å². The molecule has 0 saturated carbocycles. The van der Waals surface area contributed by atoms with Crippen LogP contribution in [0.3, 0.4) is 0 Å². The number of carbonyl (C=O) groups excluding carboxylic acids is 1. The zero-order valence-corrected chi connectivity index (χ0v) is 17.0. The molecular weight excluding hydrogens is 402 g/mol. The molecule has 6 nitrogen and oxygen atoms in total. The predicted molar refractivity (Wildman–Crippen MR) is 110 cm³/mol. The third-order valence-corrected chi connectivity index (χ3v) is 7.98. The van der Waals surface area contributed by atoms with E-state index >= 15 is 0 Å². The van der Waals surface area contributed by atoms with Crippen molar-refractivity contribution in [3.05, 3.63) is 47.0 Å². The average molecular weight is 418 g/mol. The molecule has 0 fully saturated rings. The van der Waals surface area contributed by atoms with Gasteiger partial charge in [0.1, 0.15) is 0 Å². The molecule has 0 spiro atoms. The second-order valence-corrected chi connectivity index (χ2v) is 10.4. The first-order chi connectivity index (χ1) is 12.9. The number of fused-ring (bicyclic) bond motifs is 3. The maximum atomic E-state index is 12.5. The van der Waals surface area contributed by atoms with Gasteiger partial charge in [-0.05, 0) is 43.3 Å². The van der Waals surface area contributed by atoms with E-state index in [4.69, 9.17) is 0 Å². The number of aromatic nitrogens is 2. The minimum Gasteiger partial charge on any atom is -0.298 e. The number of carbonyl (C=O) groups is 1. The lowest BCUT2D eigenvalue weighted by Crippen LogP contribution is -2.12. The second-order valence-electron chi connectivity index (χ2n) is 5.90. The highest BCUT2D eigenvalue weighted by atomic mass is 32.2. The molecule has 4 rings (SSSR count). The van der Waals surface area contributed by atoms with Gasteiger partial charge >= 0.3 is 0 Å². The van der Waals surface area contributed by atoms with Crippen molar-refractivity contribution in [2.24, 2.45) is 0 Å². The Bertz CT molecular complexity index is 1270. The van der Waals surface area contributed by atoms with Crippen LogP contribution < -0.4 is 5.32 Å². The average Bonchev–Trinajstić information content (AvgIpc) is 3.23. The van der Waals surface area contributed by atoms with Gasteiger partial charge in [-0.1, -0.05) is 18.3 Å². The maximum Gasteiger partial charge on any atom is 0.257 e. The molecule has 0 aliphatic rings. The zero-order valence-electron chi connectivity index (χ0n) is 14.5. The predicted octanol–water partition coefficient (Wildman–Crippen LogP) is 4.26. The first kappa shape index (κ1) is 18.0. The summed E-state index contributed by atoms with van der Waals surface area (Å²) in [7, 11) is -3.28. The second kappa shape index (κ2) is 6.66. The van der Waals surface area contributed by atoms with Gasteiger partial charge < -0.3 is 0 Å². The summed E-state index contributed by atoms with van der Waals surface area (Å²) < 4.78 is 25.8. The summed E-state index contributed by atoms with van der Waals surface area (Å²) in [6.07, 6.45) is 0. The molecule has 0 atom stereocenters. The van der Waals surface area contributed by atoms with E-state index in [0.717, 1.165) is 25.4 Å². The van der Waals surface area contributed by atoms with E-state index in [1.54, 1.807) is 18.3 Å². The summed E-state index contributed by atoms with van der Waals surface area (Å²) in [4.78, 5) is 21.7. The van der Waals surface area contributed by atoms with Crippen molar-refractivity contribution in [1.82, 2.24) is 9.97 Å². The van der Waals surface area contributed by atoms with Crippen LogP contribution in [0.4, 0.5) is 5.13 Å². The SMILES string of the molecule is CCS(=O)(=O)c1ccc(C(=O)Nc2nc3ccc4nc(C)sc4c3s2)cc1. The number of anilines is 1. The van der Waals surface area contributed by atoms with Crippen LogP contribution in [-0.4, -0.2) is 30.0 Å². The fraction of sp³-hybridized carbons (Fsp3) is 0.167. The number of nitrogens with zero attached hydrogens (tertiary/aromatic N) is 2. The molecule has 2 aromatic heterocycles. The number of hydrogen-bond donors (Lipinski definition) is 1. The first-order valence-corrected chi connectivity index (χ1v) is 11.5. The Morgan fingerprint density at radius 1 is 1.00 bits per heavy atom. The number of amides is 1. The van der Waals surface area contributed by atoms with Crippen molar-refractivity contribution in [1.29, 1.82) is 0 Å². The van der Waals surface area contributed by atoms with Crippen LogP contribution in [0.25, 0.3) is 20.4 Å². The molecule has 2 heterocycles. The molecule has 0 radical (unpaired) electrons. The number of sulfone groups is 1. The van der Waals surface area contributed by atoms with Crippen molar-refractivity contribution < 1.29 is 13.2 Å². The Morgan fingerprint density at radius 2 is 1.63 bits per heavy atom. The normalized spacial score (nSPS) is 11.9. The minimum absolute atomic E-state index is 0.0236. The molecule has 0 bridgehead atoms. The lowest BCUT2D eigenvalue weighted by Gasteiger charge is -2.04. The van der Waals surface area contributed by atoms with E-state index in [1.807, 2.05) is 19.1 Å². The quantitative estimate of drug-likeness (QED) is 0.536. The van der Waals surface area contributed by atoms with E-state index in [0.29, 0.717) is 10.7 Å². The molecule has 27 heavy (non-hydrogen) atoms. The monoisotopic (exact) mass is 417 g/mol. The fourth-order valence-corrected chi connectivity index (χ4v) is 5.57. The number of aryl methyl sites for hydroxylation is 1. The fourth-order valence-electron chi connectivity index (χ4n) is 2.69. The van der Waals surface area contributed by atoms with Gasteiger partial charge in [-0.15, -0.1) is 11.3 Å². The Kier molecular flexibility index (Phi) is 4.45. The van der Waals surface area contributed by atoms with Gasteiger partial charge in [-0.25, -0.2) is 18.4 Å². The third-order valence-electron chi connectivity index (χ3n) is 4.10. The van der Waals surface area contributed by atoms with Gasteiger partial charge in [0.25, 0.3) is 5.91 Å². The number of thiazole rings is 2. The summed E-state index contributed by atoms with van der Waals surface area (Å²) in [5.41, 5.74) is 2.12. The topological polar surface area (TPSA) is 89.0 Å². The molecule has 1 N–H and O–H groups in total. The van der Waals surface area contributed by atoms with Crippen molar-refractivity contribution in [2.45, 2.75) is 18.7 Å². The molecule has 0 unspecified atom stereocenters. The van der Waals surface area contributed by atoms with Crippen molar-refractivity contribution >= 4 is 64.0 Å². The van der Waals surface area contributed by atoms with Crippen molar-refractivity contribution in [3.63, 3.8) is 0 Å². The molecule has 2 aromatic carbocycles. The Labute approximate surface area is 163 Å². The maximum absolute atomic E-state index is 12.5. The number of nitrogens with one attached hydrogen (secondary N) is 1. The Morgan fingerprint density at radius 3 is 2.30 bits per heavy atom. The summed E-state index contributed by atoms with van der Waals surface area (Å²) in [5.74, 6) is -0.304. The lowest BCUT2D eigenvalue weighted by molar-refractivity contribution is 0.102.